The summed E-state index contributed by atoms with van der Waals surface area (Å²) in [5.41, 5.74) is 8.80. The molecular formula is C23H27FN4O4. The van der Waals surface area contributed by atoms with Gasteiger partial charge in [0.15, 0.2) is 6.17 Å². The number of amides is 2. The van der Waals surface area contributed by atoms with Crippen LogP contribution in [0.1, 0.15) is 24.8 Å². The third-order valence-electron chi connectivity index (χ3n) is 5.80. The number of halogens is 1. The standard InChI is InChI=1S/C23H27FN4O4/c24-18-12-28(22(30)13-29)8-6-21(18)32-20-4-3-15(9-16(20)11-25)19-10-17(5-7-26-19)27-23(31)14-1-2-14/h3-5,7,9-10,14,18,21,29H,1-2,6,8,11-13,25H2,(H,26,27,31)/t18-,21+/m1/s1. The summed E-state index contributed by atoms with van der Waals surface area (Å²) in [6.07, 6.45) is 1.76. The number of hydrogen-bond donors (Lipinski definition) is 3. The number of aliphatic hydroxyl groups excluding tert-OH is 1. The van der Waals surface area contributed by atoms with E-state index in [4.69, 9.17) is 15.6 Å². The third kappa shape index (κ3) is 5.05. The number of alkyl halides is 1. The van der Waals surface area contributed by atoms with Crippen LogP contribution in [0, 0.1) is 5.92 Å². The summed E-state index contributed by atoms with van der Waals surface area (Å²) in [7, 11) is 0. The molecule has 2 atom stereocenters. The van der Waals surface area contributed by atoms with E-state index in [1.54, 1.807) is 18.3 Å². The van der Waals surface area contributed by atoms with Gasteiger partial charge < -0.3 is 25.8 Å². The summed E-state index contributed by atoms with van der Waals surface area (Å²) in [6, 6.07) is 8.97. The van der Waals surface area contributed by atoms with E-state index < -0.39 is 24.8 Å². The highest BCUT2D eigenvalue weighted by Gasteiger charge is 2.33. The molecule has 2 aliphatic rings. The van der Waals surface area contributed by atoms with Gasteiger partial charge in [-0.25, -0.2) is 4.39 Å². The minimum atomic E-state index is -1.36. The SMILES string of the molecule is NCc1cc(-c2cc(NC(=O)C3CC3)ccn2)ccc1O[C@H]1CCN(C(=O)CO)C[C@H]1F. The molecule has 0 radical (unpaired) electrons. The molecule has 1 aromatic heterocycles. The van der Waals surface area contributed by atoms with Crippen LogP contribution in [0.25, 0.3) is 11.3 Å². The van der Waals surface area contributed by atoms with Crippen LogP contribution in [0.5, 0.6) is 5.75 Å². The van der Waals surface area contributed by atoms with Crippen LogP contribution < -0.4 is 15.8 Å². The quantitative estimate of drug-likeness (QED) is 0.603. The van der Waals surface area contributed by atoms with Crippen molar-refractivity contribution in [3.05, 3.63) is 42.1 Å². The molecule has 170 valence electrons. The fourth-order valence-electron chi connectivity index (χ4n) is 3.77. The lowest BCUT2D eigenvalue weighted by atomic mass is 10.0. The number of rotatable bonds is 7. The number of carbonyl (C=O) groups excluding carboxylic acids is 2. The maximum absolute atomic E-state index is 14.6. The molecule has 2 heterocycles. The number of aromatic nitrogens is 1. The first-order valence-corrected chi connectivity index (χ1v) is 10.8. The van der Waals surface area contributed by atoms with Crippen LogP contribution in [-0.4, -0.2) is 58.8 Å². The average molecular weight is 442 g/mol. The fraction of sp³-hybridized carbons (Fsp3) is 0.435. The highest BCUT2D eigenvalue weighted by Crippen LogP contribution is 2.32. The molecule has 2 amide bonds. The van der Waals surface area contributed by atoms with Gasteiger partial charge in [-0.2, -0.15) is 0 Å². The number of anilines is 1. The van der Waals surface area contributed by atoms with Crippen LogP contribution in [0.3, 0.4) is 0 Å². The highest BCUT2D eigenvalue weighted by atomic mass is 19.1. The molecule has 1 saturated carbocycles. The minimum absolute atomic E-state index is 0.0288. The second-order valence-electron chi connectivity index (χ2n) is 8.18. The van der Waals surface area contributed by atoms with Crippen molar-refractivity contribution < 1.29 is 23.8 Å². The number of benzene rings is 1. The van der Waals surface area contributed by atoms with Gasteiger partial charge in [0.05, 0.1) is 12.2 Å². The topological polar surface area (TPSA) is 118 Å². The number of nitrogens with zero attached hydrogens (tertiary/aromatic N) is 2. The summed E-state index contributed by atoms with van der Waals surface area (Å²) in [6.45, 7) is -0.218. The van der Waals surface area contributed by atoms with Gasteiger partial charge in [-0.15, -0.1) is 0 Å². The molecule has 9 heteroatoms. The zero-order valence-electron chi connectivity index (χ0n) is 17.7. The van der Waals surface area contributed by atoms with E-state index in [0.717, 1.165) is 18.4 Å². The maximum Gasteiger partial charge on any atom is 0.248 e. The van der Waals surface area contributed by atoms with Crippen molar-refractivity contribution in [1.29, 1.82) is 0 Å². The van der Waals surface area contributed by atoms with E-state index >= 15 is 0 Å². The van der Waals surface area contributed by atoms with Gasteiger partial charge in [-0.05, 0) is 43.2 Å². The minimum Gasteiger partial charge on any atom is -0.487 e. The number of likely N-dealkylation sites (tertiary alicyclic amines) is 1. The van der Waals surface area contributed by atoms with Gasteiger partial charge >= 0.3 is 0 Å². The molecule has 8 nitrogen and oxygen atoms in total. The first-order chi connectivity index (χ1) is 15.5. The smallest absolute Gasteiger partial charge is 0.248 e. The summed E-state index contributed by atoms with van der Waals surface area (Å²) in [5.74, 6) is 0.145. The van der Waals surface area contributed by atoms with Gasteiger partial charge in [0.1, 0.15) is 18.5 Å². The lowest BCUT2D eigenvalue weighted by Gasteiger charge is -2.34. The van der Waals surface area contributed by atoms with E-state index in [1.807, 2.05) is 18.2 Å². The lowest BCUT2D eigenvalue weighted by molar-refractivity contribution is -0.138. The van der Waals surface area contributed by atoms with Gasteiger partial charge in [-0.3, -0.25) is 14.6 Å². The van der Waals surface area contributed by atoms with Crippen molar-refractivity contribution in [3.63, 3.8) is 0 Å². The van der Waals surface area contributed by atoms with Crippen LogP contribution in [0.4, 0.5) is 10.1 Å². The number of hydrogen-bond acceptors (Lipinski definition) is 6. The Morgan fingerprint density at radius 2 is 2.06 bits per heavy atom. The Balaban J connectivity index is 1.46. The van der Waals surface area contributed by atoms with Gasteiger partial charge in [0, 0.05) is 48.4 Å². The molecular weight excluding hydrogens is 415 g/mol. The van der Waals surface area contributed by atoms with Crippen molar-refractivity contribution in [1.82, 2.24) is 9.88 Å². The number of nitrogens with two attached hydrogens (primary N) is 1. The van der Waals surface area contributed by atoms with E-state index in [0.29, 0.717) is 35.7 Å². The lowest BCUT2D eigenvalue weighted by Crippen LogP contribution is -2.50. The summed E-state index contributed by atoms with van der Waals surface area (Å²) in [5, 5.41) is 11.9. The van der Waals surface area contributed by atoms with Crippen molar-refractivity contribution in [3.8, 4) is 17.0 Å². The zero-order chi connectivity index (χ0) is 22.7. The Morgan fingerprint density at radius 3 is 2.75 bits per heavy atom. The van der Waals surface area contributed by atoms with Crippen LogP contribution in [-0.2, 0) is 16.1 Å². The molecule has 1 aromatic carbocycles. The summed E-state index contributed by atoms with van der Waals surface area (Å²) < 4.78 is 20.5. The Hall–Kier alpha value is -3.04. The first kappa shape index (κ1) is 22.2. The second-order valence-corrected chi connectivity index (χ2v) is 8.18. The molecule has 2 fully saturated rings. The normalized spacial score (nSPS) is 20.7. The number of pyridine rings is 1. The first-order valence-electron chi connectivity index (χ1n) is 10.8. The van der Waals surface area contributed by atoms with Gasteiger partial charge in [0.25, 0.3) is 0 Å². The predicted molar refractivity (Wildman–Crippen MR) is 117 cm³/mol. The van der Waals surface area contributed by atoms with Crippen molar-refractivity contribution in [2.24, 2.45) is 11.7 Å². The zero-order valence-corrected chi connectivity index (χ0v) is 17.7. The average Bonchev–Trinajstić information content (AvgIpc) is 3.66. The summed E-state index contributed by atoms with van der Waals surface area (Å²) >= 11 is 0. The number of carbonyl (C=O) groups is 2. The van der Waals surface area contributed by atoms with Crippen molar-refractivity contribution in [2.45, 2.75) is 38.1 Å². The Kier molecular flexibility index (Phi) is 6.66. The van der Waals surface area contributed by atoms with Gasteiger partial charge in [-0.1, -0.05) is 0 Å². The number of piperidine rings is 1. The van der Waals surface area contributed by atoms with Crippen LogP contribution in [0.2, 0.25) is 0 Å². The van der Waals surface area contributed by atoms with E-state index in [2.05, 4.69) is 10.3 Å². The monoisotopic (exact) mass is 442 g/mol. The van der Waals surface area contributed by atoms with E-state index in [1.165, 1.54) is 4.90 Å². The van der Waals surface area contributed by atoms with Crippen LogP contribution >= 0.6 is 0 Å². The number of ether oxygens (including phenoxy) is 1. The summed E-state index contributed by atoms with van der Waals surface area (Å²) in [4.78, 5) is 29.3. The van der Waals surface area contributed by atoms with Crippen molar-refractivity contribution >= 4 is 17.5 Å². The van der Waals surface area contributed by atoms with Crippen LogP contribution in [0.15, 0.2) is 36.5 Å². The molecule has 4 rings (SSSR count). The molecule has 2 aromatic rings. The number of aliphatic hydroxyl groups is 1. The van der Waals surface area contributed by atoms with E-state index in [-0.39, 0.29) is 24.9 Å². The molecule has 1 saturated heterocycles. The predicted octanol–water partition coefficient (Wildman–Crippen LogP) is 1.87. The molecule has 1 aliphatic heterocycles. The Labute approximate surface area is 185 Å². The Bertz CT molecular complexity index is 998. The van der Waals surface area contributed by atoms with Crippen molar-refractivity contribution in [2.75, 3.05) is 25.0 Å². The van der Waals surface area contributed by atoms with Gasteiger partial charge in [0.2, 0.25) is 11.8 Å². The molecule has 0 spiro atoms. The maximum atomic E-state index is 14.6. The molecule has 0 unspecified atom stereocenters. The molecule has 4 N–H and O–H groups in total. The third-order valence-corrected chi connectivity index (χ3v) is 5.80. The molecule has 1 aliphatic carbocycles. The van der Waals surface area contributed by atoms with E-state index in [9.17, 15) is 14.0 Å². The largest absolute Gasteiger partial charge is 0.487 e. The number of nitrogens with one attached hydrogen (secondary N) is 1. The Morgan fingerprint density at radius 1 is 1.25 bits per heavy atom. The highest BCUT2D eigenvalue weighted by molar-refractivity contribution is 5.94. The fourth-order valence-corrected chi connectivity index (χ4v) is 3.77. The molecule has 32 heavy (non-hydrogen) atoms. The second kappa shape index (κ2) is 9.62. The molecule has 0 bridgehead atoms.